The summed E-state index contributed by atoms with van der Waals surface area (Å²) in [5.41, 5.74) is 1.88. The lowest BCUT2D eigenvalue weighted by molar-refractivity contribution is -0.139. The molecular weight excluding hydrogens is 545 g/mol. The van der Waals surface area contributed by atoms with Gasteiger partial charge in [0.2, 0.25) is 11.8 Å². The number of rotatable bonds is 11. The lowest BCUT2D eigenvalue weighted by Crippen LogP contribution is -2.51. The largest absolute Gasteiger partial charge is 0.354 e. The average Bonchev–Trinajstić information content (AvgIpc) is 2.89. The highest BCUT2D eigenvalue weighted by Crippen LogP contribution is 2.26. The Labute approximate surface area is 234 Å². The highest BCUT2D eigenvalue weighted by molar-refractivity contribution is 7.92. The number of sulfonamides is 1. The first-order valence-corrected chi connectivity index (χ1v) is 14.4. The monoisotopic (exact) mass is 575 g/mol. The zero-order valence-corrected chi connectivity index (χ0v) is 23.9. The number of nitrogens with zero attached hydrogens (tertiary/aromatic N) is 2. The maximum atomic E-state index is 13.8. The standard InChI is InChI=1S/C28H31Cl2N3O4S/c1-4-16-31-28(35)21(3)32(18-22-6-5-7-24(30)17-22)27(34)19-33(25-12-10-23(29)11-13-25)38(36,37)26-14-8-20(2)9-15-26/h5-15,17,21H,4,16,18-19H2,1-3H3,(H,31,35)/t21-/m1/s1. The molecule has 0 aliphatic carbocycles. The van der Waals surface area contributed by atoms with Crippen LogP contribution in [0.25, 0.3) is 0 Å². The van der Waals surface area contributed by atoms with E-state index in [-0.39, 0.29) is 23.0 Å². The molecular formula is C28H31Cl2N3O4S. The van der Waals surface area contributed by atoms with Gasteiger partial charge in [0.1, 0.15) is 12.6 Å². The lowest BCUT2D eigenvalue weighted by atomic mass is 10.1. The SMILES string of the molecule is CCCNC(=O)[C@@H](C)N(Cc1cccc(Cl)c1)C(=O)CN(c1ccc(Cl)cc1)S(=O)(=O)c1ccc(C)cc1. The Bertz CT molecular complexity index is 1360. The van der Waals surface area contributed by atoms with Crippen molar-refractivity contribution >= 4 is 50.7 Å². The third-order valence-corrected chi connectivity index (χ3v) is 8.24. The number of nitrogens with one attached hydrogen (secondary N) is 1. The second kappa shape index (κ2) is 13.1. The third-order valence-electron chi connectivity index (χ3n) is 5.96. The molecule has 0 fully saturated rings. The van der Waals surface area contributed by atoms with E-state index in [4.69, 9.17) is 23.2 Å². The number of amides is 2. The van der Waals surface area contributed by atoms with E-state index in [1.165, 1.54) is 17.0 Å². The molecule has 2 amide bonds. The van der Waals surface area contributed by atoms with Crippen LogP contribution in [0.4, 0.5) is 5.69 Å². The average molecular weight is 577 g/mol. The molecule has 3 aromatic carbocycles. The summed E-state index contributed by atoms with van der Waals surface area (Å²) in [5.74, 6) is -0.878. The van der Waals surface area contributed by atoms with Gasteiger partial charge in [0.25, 0.3) is 10.0 Å². The fourth-order valence-corrected chi connectivity index (χ4v) is 5.54. The molecule has 0 spiro atoms. The van der Waals surface area contributed by atoms with Crippen molar-refractivity contribution in [3.63, 3.8) is 0 Å². The van der Waals surface area contributed by atoms with Crippen molar-refractivity contribution in [2.75, 3.05) is 17.4 Å². The van der Waals surface area contributed by atoms with Gasteiger partial charge in [-0.05, 0) is 74.4 Å². The molecule has 1 atom stereocenters. The molecule has 7 nitrogen and oxygen atoms in total. The molecule has 3 rings (SSSR count). The fraction of sp³-hybridized carbons (Fsp3) is 0.286. The first-order chi connectivity index (χ1) is 18.0. The molecule has 0 aliphatic rings. The molecule has 0 bridgehead atoms. The minimum atomic E-state index is -4.13. The second-order valence-electron chi connectivity index (χ2n) is 8.92. The van der Waals surface area contributed by atoms with Crippen LogP contribution in [0.15, 0.2) is 77.7 Å². The van der Waals surface area contributed by atoms with Crippen LogP contribution in [0, 0.1) is 6.92 Å². The Kier molecular flexibility index (Phi) is 10.2. The van der Waals surface area contributed by atoms with Crippen LogP contribution < -0.4 is 9.62 Å². The van der Waals surface area contributed by atoms with E-state index in [0.717, 1.165) is 16.3 Å². The van der Waals surface area contributed by atoms with Crippen molar-refractivity contribution in [2.24, 2.45) is 0 Å². The highest BCUT2D eigenvalue weighted by Gasteiger charge is 2.32. The third kappa shape index (κ3) is 7.49. The van der Waals surface area contributed by atoms with E-state index in [1.54, 1.807) is 67.6 Å². The van der Waals surface area contributed by atoms with Crippen LogP contribution in [-0.4, -0.2) is 44.3 Å². The number of hydrogen-bond donors (Lipinski definition) is 1. The van der Waals surface area contributed by atoms with E-state index in [2.05, 4.69) is 5.32 Å². The van der Waals surface area contributed by atoms with Gasteiger partial charge in [-0.25, -0.2) is 8.42 Å². The smallest absolute Gasteiger partial charge is 0.264 e. The summed E-state index contributed by atoms with van der Waals surface area (Å²) in [6.07, 6.45) is 0.736. The van der Waals surface area contributed by atoms with Crippen LogP contribution >= 0.6 is 23.2 Å². The van der Waals surface area contributed by atoms with Crippen molar-refractivity contribution in [3.05, 3.63) is 94.0 Å². The van der Waals surface area contributed by atoms with Gasteiger partial charge in [0.15, 0.2) is 0 Å². The molecule has 0 aliphatic heterocycles. The molecule has 3 aromatic rings. The van der Waals surface area contributed by atoms with Gasteiger partial charge < -0.3 is 10.2 Å². The van der Waals surface area contributed by atoms with Crippen molar-refractivity contribution in [1.29, 1.82) is 0 Å². The van der Waals surface area contributed by atoms with Gasteiger partial charge >= 0.3 is 0 Å². The zero-order chi connectivity index (χ0) is 27.9. The van der Waals surface area contributed by atoms with Gasteiger partial charge in [-0.15, -0.1) is 0 Å². The van der Waals surface area contributed by atoms with Crippen LogP contribution in [0.1, 0.15) is 31.4 Å². The van der Waals surface area contributed by atoms with Gasteiger partial charge in [-0.1, -0.05) is 60.0 Å². The Morgan fingerprint density at radius 1 is 0.947 bits per heavy atom. The maximum Gasteiger partial charge on any atom is 0.264 e. The number of hydrogen-bond acceptors (Lipinski definition) is 4. The Hall–Kier alpha value is -3.07. The zero-order valence-electron chi connectivity index (χ0n) is 21.5. The summed E-state index contributed by atoms with van der Waals surface area (Å²) in [7, 11) is -4.13. The van der Waals surface area contributed by atoms with E-state index in [0.29, 0.717) is 22.2 Å². The molecule has 1 N–H and O–H groups in total. The van der Waals surface area contributed by atoms with Crippen LogP contribution in [0.2, 0.25) is 10.0 Å². The molecule has 0 heterocycles. The predicted octanol–water partition coefficient (Wildman–Crippen LogP) is 5.44. The topological polar surface area (TPSA) is 86.8 Å². The summed E-state index contributed by atoms with van der Waals surface area (Å²) in [6.45, 7) is 5.41. The molecule has 0 saturated carbocycles. The Morgan fingerprint density at radius 2 is 1.61 bits per heavy atom. The summed E-state index contributed by atoms with van der Waals surface area (Å²) in [6, 6.07) is 18.7. The highest BCUT2D eigenvalue weighted by atomic mass is 35.5. The quantitative estimate of drug-likeness (QED) is 0.330. The first kappa shape index (κ1) is 29.5. The Morgan fingerprint density at radius 3 is 2.21 bits per heavy atom. The Balaban J connectivity index is 2.01. The van der Waals surface area contributed by atoms with Crippen LogP contribution in [0.3, 0.4) is 0 Å². The number of carbonyl (C=O) groups excluding carboxylic acids is 2. The van der Waals surface area contributed by atoms with Gasteiger partial charge in [0.05, 0.1) is 10.6 Å². The molecule has 0 radical (unpaired) electrons. The summed E-state index contributed by atoms with van der Waals surface area (Å²) < 4.78 is 28.6. The van der Waals surface area contributed by atoms with E-state index in [1.807, 2.05) is 13.8 Å². The summed E-state index contributed by atoms with van der Waals surface area (Å²) >= 11 is 12.2. The van der Waals surface area contributed by atoms with E-state index in [9.17, 15) is 18.0 Å². The predicted molar refractivity (Wildman–Crippen MR) is 152 cm³/mol. The number of aryl methyl sites for hydroxylation is 1. The minimum absolute atomic E-state index is 0.0426. The van der Waals surface area contributed by atoms with Crippen LogP contribution in [-0.2, 0) is 26.2 Å². The van der Waals surface area contributed by atoms with Crippen LogP contribution in [0.5, 0.6) is 0 Å². The van der Waals surface area contributed by atoms with Gasteiger partial charge in [-0.2, -0.15) is 0 Å². The summed E-state index contributed by atoms with van der Waals surface area (Å²) in [4.78, 5) is 28.1. The number of benzene rings is 3. The molecule has 0 unspecified atom stereocenters. The number of halogens is 2. The van der Waals surface area contributed by atoms with Crippen molar-refractivity contribution in [3.8, 4) is 0 Å². The summed E-state index contributed by atoms with van der Waals surface area (Å²) in [5, 5.41) is 3.73. The van der Waals surface area contributed by atoms with Gasteiger partial charge in [-0.3, -0.25) is 13.9 Å². The first-order valence-electron chi connectivity index (χ1n) is 12.2. The number of carbonyl (C=O) groups is 2. The fourth-order valence-electron chi connectivity index (χ4n) is 3.78. The van der Waals surface area contributed by atoms with E-state index < -0.39 is 28.5 Å². The number of anilines is 1. The van der Waals surface area contributed by atoms with Gasteiger partial charge in [0, 0.05) is 23.1 Å². The second-order valence-corrected chi connectivity index (χ2v) is 11.7. The van der Waals surface area contributed by atoms with Crippen molar-refractivity contribution in [2.45, 2.75) is 44.7 Å². The normalized spacial score (nSPS) is 12.0. The lowest BCUT2D eigenvalue weighted by Gasteiger charge is -2.32. The molecule has 10 heteroatoms. The van der Waals surface area contributed by atoms with Crippen molar-refractivity contribution < 1.29 is 18.0 Å². The molecule has 0 aromatic heterocycles. The van der Waals surface area contributed by atoms with E-state index >= 15 is 0 Å². The van der Waals surface area contributed by atoms with Crippen molar-refractivity contribution in [1.82, 2.24) is 10.2 Å². The molecule has 0 saturated heterocycles. The molecule has 38 heavy (non-hydrogen) atoms. The minimum Gasteiger partial charge on any atom is -0.354 e. The molecule has 202 valence electrons. The maximum absolute atomic E-state index is 13.8.